The molecule has 0 aromatic carbocycles. The molecular weight excluding hydrogens is 254 g/mol. The van der Waals surface area contributed by atoms with Crippen LogP contribution < -0.4 is 5.32 Å². The van der Waals surface area contributed by atoms with Crippen molar-refractivity contribution in [3.8, 4) is 0 Å². The van der Waals surface area contributed by atoms with Gasteiger partial charge >= 0.3 is 0 Å². The van der Waals surface area contributed by atoms with E-state index in [4.69, 9.17) is 4.99 Å². The fraction of sp³-hybridized carbons (Fsp3) is 0.933. The molecule has 1 aliphatic carbocycles. The summed E-state index contributed by atoms with van der Waals surface area (Å²) in [6.45, 7) is 6.67. The van der Waals surface area contributed by atoms with Crippen LogP contribution >= 0.6 is 11.8 Å². The topological polar surface area (TPSA) is 27.6 Å². The van der Waals surface area contributed by atoms with Crippen LogP contribution in [0.5, 0.6) is 0 Å². The zero-order valence-electron chi connectivity index (χ0n) is 12.7. The minimum absolute atomic E-state index is 0.654. The average Bonchev–Trinajstić information content (AvgIpc) is 2.85. The molecule has 19 heavy (non-hydrogen) atoms. The van der Waals surface area contributed by atoms with Crippen molar-refractivity contribution < 1.29 is 0 Å². The molecule has 1 saturated carbocycles. The number of nitrogens with zero attached hydrogens (tertiary/aromatic N) is 2. The smallest absolute Gasteiger partial charge is 0.156 e. The van der Waals surface area contributed by atoms with Gasteiger partial charge in [0.05, 0.1) is 0 Å². The predicted molar refractivity (Wildman–Crippen MR) is 86.0 cm³/mol. The van der Waals surface area contributed by atoms with Crippen molar-refractivity contribution in [3.63, 3.8) is 0 Å². The lowest BCUT2D eigenvalue weighted by atomic mass is 10.1. The number of hydrogen-bond acceptors (Lipinski definition) is 3. The number of rotatable bonds is 6. The van der Waals surface area contributed by atoms with Crippen molar-refractivity contribution >= 4 is 16.9 Å². The molecule has 0 spiro atoms. The normalized spacial score (nSPS) is 29.0. The van der Waals surface area contributed by atoms with Crippen molar-refractivity contribution in [1.29, 1.82) is 0 Å². The van der Waals surface area contributed by atoms with E-state index in [1.165, 1.54) is 49.6 Å². The van der Waals surface area contributed by atoms with Crippen molar-refractivity contribution in [3.05, 3.63) is 0 Å². The van der Waals surface area contributed by atoms with Crippen molar-refractivity contribution in [2.75, 3.05) is 25.9 Å². The van der Waals surface area contributed by atoms with Crippen molar-refractivity contribution in [2.24, 2.45) is 10.9 Å². The highest BCUT2D eigenvalue weighted by atomic mass is 32.2. The summed E-state index contributed by atoms with van der Waals surface area (Å²) in [5.74, 6) is 2.19. The standard InChI is InChI=1S/C15H29N3S/c1-12(2)18(3)10-5-4-9-16-15-17-14-8-6-7-13(14)11-19-15/h12-14H,4-11H2,1-3H3,(H,16,17). The molecule has 4 heteroatoms. The van der Waals surface area contributed by atoms with Crippen LogP contribution in [0, 0.1) is 5.92 Å². The summed E-state index contributed by atoms with van der Waals surface area (Å²) in [6.07, 6.45) is 6.62. The Bertz CT molecular complexity index is 304. The van der Waals surface area contributed by atoms with E-state index in [9.17, 15) is 0 Å². The summed E-state index contributed by atoms with van der Waals surface area (Å²) in [4.78, 5) is 7.14. The Hall–Kier alpha value is -0.220. The van der Waals surface area contributed by atoms with E-state index in [-0.39, 0.29) is 0 Å². The van der Waals surface area contributed by atoms with Gasteiger partial charge in [-0.3, -0.25) is 4.99 Å². The van der Waals surface area contributed by atoms with E-state index in [1.54, 1.807) is 0 Å². The van der Waals surface area contributed by atoms with Gasteiger partial charge in [0.25, 0.3) is 0 Å². The Kier molecular flexibility index (Phi) is 6.02. The third-order valence-electron chi connectivity index (χ3n) is 4.46. The number of amidine groups is 1. The average molecular weight is 283 g/mol. The van der Waals surface area contributed by atoms with Gasteiger partial charge in [-0.05, 0) is 59.0 Å². The van der Waals surface area contributed by atoms with Gasteiger partial charge in [-0.1, -0.05) is 18.2 Å². The van der Waals surface area contributed by atoms with E-state index in [2.05, 4.69) is 31.1 Å². The fourth-order valence-corrected chi connectivity index (χ4v) is 4.00. The lowest BCUT2D eigenvalue weighted by Gasteiger charge is -2.28. The van der Waals surface area contributed by atoms with Crippen LogP contribution in [0.4, 0.5) is 0 Å². The zero-order valence-corrected chi connectivity index (χ0v) is 13.5. The van der Waals surface area contributed by atoms with Crippen LogP contribution in [0.25, 0.3) is 0 Å². The Morgan fingerprint density at radius 1 is 1.37 bits per heavy atom. The van der Waals surface area contributed by atoms with Gasteiger partial charge in [0, 0.05) is 24.4 Å². The highest BCUT2D eigenvalue weighted by Gasteiger charge is 2.31. The molecule has 2 fully saturated rings. The molecule has 1 heterocycles. The summed E-state index contributed by atoms with van der Waals surface area (Å²) in [7, 11) is 2.20. The van der Waals surface area contributed by atoms with Crippen molar-refractivity contribution in [2.45, 2.75) is 58.0 Å². The van der Waals surface area contributed by atoms with Crippen LogP contribution in [0.3, 0.4) is 0 Å². The zero-order chi connectivity index (χ0) is 13.7. The molecule has 1 N–H and O–H groups in total. The van der Waals surface area contributed by atoms with E-state index < -0.39 is 0 Å². The molecule has 0 bridgehead atoms. The van der Waals surface area contributed by atoms with E-state index in [0.29, 0.717) is 6.04 Å². The Labute approximate surface area is 122 Å². The first-order chi connectivity index (χ1) is 9.16. The quantitative estimate of drug-likeness (QED) is 0.760. The molecule has 0 aromatic rings. The van der Waals surface area contributed by atoms with Crippen LogP contribution in [0.2, 0.25) is 0 Å². The Morgan fingerprint density at radius 3 is 3.00 bits per heavy atom. The van der Waals surface area contributed by atoms with Crippen LogP contribution in [-0.2, 0) is 0 Å². The molecule has 2 atom stereocenters. The Balaban J connectivity index is 1.61. The summed E-state index contributed by atoms with van der Waals surface area (Å²) in [5.41, 5.74) is 0. The van der Waals surface area contributed by atoms with E-state index in [0.717, 1.165) is 18.5 Å². The van der Waals surface area contributed by atoms with E-state index in [1.807, 2.05) is 11.8 Å². The van der Waals surface area contributed by atoms with Crippen LogP contribution in [0.15, 0.2) is 4.99 Å². The predicted octanol–water partition coefficient (Wildman–Crippen LogP) is 2.97. The van der Waals surface area contributed by atoms with Gasteiger partial charge in [0.1, 0.15) is 0 Å². The summed E-state index contributed by atoms with van der Waals surface area (Å²) in [6, 6.07) is 1.38. The van der Waals surface area contributed by atoms with Gasteiger partial charge in [0.15, 0.2) is 5.17 Å². The molecule has 0 radical (unpaired) electrons. The molecule has 0 aromatic heterocycles. The van der Waals surface area contributed by atoms with Gasteiger partial charge in [-0.2, -0.15) is 0 Å². The second kappa shape index (κ2) is 7.53. The first-order valence-corrected chi connectivity index (χ1v) is 8.79. The highest BCUT2D eigenvalue weighted by Crippen LogP contribution is 2.32. The second-order valence-corrected chi connectivity index (χ2v) is 7.23. The summed E-state index contributed by atoms with van der Waals surface area (Å²) in [5, 5.41) is 4.84. The minimum atomic E-state index is 0.654. The van der Waals surface area contributed by atoms with Gasteiger partial charge in [0.2, 0.25) is 0 Å². The molecule has 2 rings (SSSR count). The lowest BCUT2D eigenvalue weighted by Crippen LogP contribution is -2.41. The highest BCUT2D eigenvalue weighted by molar-refractivity contribution is 8.13. The number of fused-ring (bicyclic) bond motifs is 1. The Morgan fingerprint density at radius 2 is 2.21 bits per heavy atom. The van der Waals surface area contributed by atoms with Crippen molar-refractivity contribution in [1.82, 2.24) is 10.2 Å². The first kappa shape index (κ1) is 15.2. The first-order valence-electron chi connectivity index (χ1n) is 7.81. The van der Waals surface area contributed by atoms with E-state index >= 15 is 0 Å². The SMILES string of the molecule is CC(C)N(C)CCCCN=C1NC2CCCC2CS1. The number of hydrogen-bond donors (Lipinski definition) is 1. The molecule has 2 aliphatic rings. The largest absolute Gasteiger partial charge is 0.362 e. The molecule has 2 unspecified atom stereocenters. The maximum atomic E-state index is 4.74. The van der Waals surface area contributed by atoms with Crippen LogP contribution in [0.1, 0.15) is 46.0 Å². The van der Waals surface area contributed by atoms with Gasteiger partial charge in [-0.15, -0.1) is 0 Å². The number of aliphatic imine (C=N–C) groups is 1. The van der Waals surface area contributed by atoms with Gasteiger partial charge < -0.3 is 10.2 Å². The monoisotopic (exact) mass is 283 g/mol. The second-order valence-electron chi connectivity index (χ2n) is 6.22. The van der Waals surface area contributed by atoms with Crippen LogP contribution in [-0.4, -0.2) is 48.0 Å². The third kappa shape index (κ3) is 4.67. The number of unbranched alkanes of at least 4 members (excludes halogenated alkanes) is 1. The lowest BCUT2D eigenvalue weighted by molar-refractivity contribution is 0.269. The number of nitrogens with one attached hydrogen (secondary N) is 1. The number of thioether (sulfide) groups is 1. The molecule has 0 amide bonds. The fourth-order valence-electron chi connectivity index (χ4n) is 2.82. The molecule has 3 nitrogen and oxygen atoms in total. The molecular formula is C15H29N3S. The molecule has 1 saturated heterocycles. The van der Waals surface area contributed by atoms with Gasteiger partial charge in [-0.25, -0.2) is 0 Å². The minimum Gasteiger partial charge on any atom is -0.362 e. The third-order valence-corrected chi connectivity index (χ3v) is 5.57. The summed E-state index contributed by atoms with van der Waals surface area (Å²) < 4.78 is 0. The molecule has 1 aliphatic heterocycles. The maximum Gasteiger partial charge on any atom is 0.156 e. The maximum absolute atomic E-state index is 4.74. The molecule has 110 valence electrons. The summed E-state index contributed by atoms with van der Waals surface area (Å²) >= 11 is 1.94.